The highest BCUT2D eigenvalue weighted by Gasteiger charge is 2.00. The maximum Gasteiger partial charge on any atom is 0.123 e. The predicted molar refractivity (Wildman–Crippen MR) is 55.5 cm³/mol. The topological polar surface area (TPSA) is 15.8 Å². The lowest BCUT2D eigenvalue weighted by Crippen LogP contribution is -1.76. The zero-order valence-corrected chi connectivity index (χ0v) is 8.12. The molecule has 0 fully saturated rings. The monoisotopic (exact) mass is 195 g/mol. The number of thioether (sulfide) groups is 1. The highest BCUT2D eigenvalue weighted by molar-refractivity contribution is 7.97. The van der Waals surface area contributed by atoms with Crippen LogP contribution in [-0.4, -0.2) is 11.2 Å². The van der Waals surface area contributed by atoms with Crippen LogP contribution in [0.2, 0.25) is 0 Å². The van der Waals surface area contributed by atoms with Gasteiger partial charge in [0.25, 0.3) is 0 Å². The molecule has 2 aromatic rings. The van der Waals surface area contributed by atoms with E-state index in [1.54, 1.807) is 23.9 Å². The molecule has 0 atom stereocenters. The molecule has 3 heteroatoms. The van der Waals surface area contributed by atoms with Crippen molar-refractivity contribution in [3.05, 3.63) is 35.8 Å². The van der Waals surface area contributed by atoms with E-state index >= 15 is 0 Å². The highest BCUT2D eigenvalue weighted by atomic mass is 32.2. The van der Waals surface area contributed by atoms with Crippen molar-refractivity contribution in [1.29, 1.82) is 0 Å². The average Bonchev–Trinajstić information content (AvgIpc) is 2.46. The van der Waals surface area contributed by atoms with Crippen LogP contribution in [0.15, 0.2) is 24.3 Å². The maximum atomic E-state index is 12.8. The number of aromatic nitrogens is 1. The van der Waals surface area contributed by atoms with E-state index in [4.69, 9.17) is 0 Å². The summed E-state index contributed by atoms with van der Waals surface area (Å²) in [5, 5.41) is 0.948. The van der Waals surface area contributed by atoms with Gasteiger partial charge in [-0.25, -0.2) is 4.39 Å². The van der Waals surface area contributed by atoms with Gasteiger partial charge in [0.2, 0.25) is 0 Å². The van der Waals surface area contributed by atoms with E-state index in [9.17, 15) is 4.39 Å². The summed E-state index contributed by atoms with van der Waals surface area (Å²) < 4.78 is 12.8. The smallest absolute Gasteiger partial charge is 0.123 e. The first-order valence-electron chi connectivity index (χ1n) is 4.05. The van der Waals surface area contributed by atoms with Crippen LogP contribution < -0.4 is 0 Å². The van der Waals surface area contributed by atoms with Gasteiger partial charge < -0.3 is 4.98 Å². The second-order valence-electron chi connectivity index (χ2n) is 2.96. The first-order chi connectivity index (χ1) is 6.29. The van der Waals surface area contributed by atoms with Gasteiger partial charge in [0.05, 0.1) is 0 Å². The van der Waals surface area contributed by atoms with Crippen molar-refractivity contribution in [2.45, 2.75) is 5.75 Å². The van der Waals surface area contributed by atoms with E-state index in [0.717, 1.165) is 22.3 Å². The number of nitrogens with one attached hydrogen (secondary N) is 1. The van der Waals surface area contributed by atoms with Crippen LogP contribution in [0.4, 0.5) is 4.39 Å². The first-order valence-corrected chi connectivity index (χ1v) is 5.45. The molecule has 0 spiro atoms. The molecule has 1 nitrogen and oxygen atoms in total. The molecule has 0 bridgehead atoms. The standard InChI is InChI=1S/C10H10FNS/c1-13-6-9-5-7-4-8(11)2-3-10(7)12-9/h2-5,12H,6H2,1H3. The Balaban J connectivity index is 2.49. The zero-order valence-electron chi connectivity index (χ0n) is 7.30. The summed E-state index contributed by atoms with van der Waals surface area (Å²) in [7, 11) is 0. The SMILES string of the molecule is CSCc1cc2cc(F)ccc2[nH]1. The van der Waals surface area contributed by atoms with Gasteiger partial charge in [-0.2, -0.15) is 11.8 Å². The molecule has 1 aromatic heterocycles. The summed E-state index contributed by atoms with van der Waals surface area (Å²) in [6.45, 7) is 0. The molecule has 0 amide bonds. The van der Waals surface area contributed by atoms with Gasteiger partial charge in [0.15, 0.2) is 0 Å². The van der Waals surface area contributed by atoms with Crippen molar-refractivity contribution < 1.29 is 4.39 Å². The van der Waals surface area contributed by atoms with E-state index in [0.29, 0.717) is 0 Å². The molecule has 0 aliphatic heterocycles. The molecule has 1 N–H and O–H groups in total. The van der Waals surface area contributed by atoms with Crippen LogP contribution in [0.5, 0.6) is 0 Å². The molecule has 68 valence electrons. The van der Waals surface area contributed by atoms with Crippen LogP contribution in [0.1, 0.15) is 5.69 Å². The predicted octanol–water partition coefficient (Wildman–Crippen LogP) is 3.17. The molecule has 0 saturated heterocycles. The van der Waals surface area contributed by atoms with Crippen molar-refractivity contribution in [3.63, 3.8) is 0 Å². The quantitative estimate of drug-likeness (QED) is 0.778. The third-order valence-electron chi connectivity index (χ3n) is 1.94. The number of fused-ring (bicyclic) bond motifs is 1. The summed E-state index contributed by atoms with van der Waals surface area (Å²) in [5.74, 6) is 0.762. The third-order valence-corrected chi connectivity index (χ3v) is 2.54. The van der Waals surface area contributed by atoms with Crippen LogP contribution in [0, 0.1) is 5.82 Å². The number of rotatable bonds is 2. The van der Waals surface area contributed by atoms with E-state index in [-0.39, 0.29) is 5.82 Å². The maximum absolute atomic E-state index is 12.8. The van der Waals surface area contributed by atoms with E-state index in [1.165, 1.54) is 6.07 Å². The summed E-state index contributed by atoms with van der Waals surface area (Å²) in [4.78, 5) is 3.24. The molecular formula is C10H10FNS. The Labute approximate surface area is 80.3 Å². The van der Waals surface area contributed by atoms with Crippen LogP contribution in [-0.2, 0) is 5.75 Å². The van der Waals surface area contributed by atoms with Crippen molar-refractivity contribution in [2.24, 2.45) is 0 Å². The molecule has 0 unspecified atom stereocenters. The van der Waals surface area contributed by atoms with Crippen LogP contribution >= 0.6 is 11.8 Å². The summed E-state index contributed by atoms with van der Waals surface area (Å²) in [5.41, 5.74) is 2.15. The first kappa shape index (κ1) is 8.63. The normalized spacial score (nSPS) is 10.9. The Hall–Kier alpha value is -0.960. The summed E-state index contributed by atoms with van der Waals surface area (Å²) in [6, 6.07) is 6.79. The van der Waals surface area contributed by atoms with Crippen molar-refractivity contribution in [2.75, 3.05) is 6.26 Å². The van der Waals surface area contributed by atoms with E-state index < -0.39 is 0 Å². The van der Waals surface area contributed by atoms with Gasteiger partial charge in [0.1, 0.15) is 5.82 Å². The summed E-state index contributed by atoms with van der Waals surface area (Å²) in [6.07, 6.45) is 2.05. The van der Waals surface area contributed by atoms with Gasteiger partial charge in [-0.05, 0) is 30.5 Å². The highest BCUT2D eigenvalue weighted by Crippen LogP contribution is 2.18. The molecule has 13 heavy (non-hydrogen) atoms. The lowest BCUT2D eigenvalue weighted by atomic mass is 10.2. The van der Waals surface area contributed by atoms with Crippen LogP contribution in [0.25, 0.3) is 10.9 Å². The second kappa shape index (κ2) is 3.42. The Bertz CT molecular complexity index is 422. The minimum absolute atomic E-state index is 0.179. The lowest BCUT2D eigenvalue weighted by molar-refractivity contribution is 0.630. The van der Waals surface area contributed by atoms with Crippen molar-refractivity contribution in [3.8, 4) is 0 Å². The van der Waals surface area contributed by atoms with Crippen molar-refractivity contribution in [1.82, 2.24) is 4.98 Å². The van der Waals surface area contributed by atoms with Crippen molar-refractivity contribution >= 4 is 22.7 Å². The minimum Gasteiger partial charge on any atom is -0.358 e. The van der Waals surface area contributed by atoms with E-state index in [2.05, 4.69) is 4.98 Å². The fraction of sp³-hybridized carbons (Fsp3) is 0.200. The van der Waals surface area contributed by atoms with Crippen LogP contribution in [0.3, 0.4) is 0 Å². The number of aromatic amines is 1. The largest absolute Gasteiger partial charge is 0.358 e. The Kier molecular flexibility index (Phi) is 2.27. The molecule has 1 aromatic carbocycles. The number of hydrogen-bond acceptors (Lipinski definition) is 1. The van der Waals surface area contributed by atoms with Gasteiger partial charge >= 0.3 is 0 Å². The Morgan fingerprint density at radius 3 is 3.00 bits per heavy atom. The van der Waals surface area contributed by atoms with Gasteiger partial charge in [0, 0.05) is 22.3 Å². The third kappa shape index (κ3) is 1.70. The molecular weight excluding hydrogens is 185 g/mol. The van der Waals surface area contributed by atoms with Gasteiger partial charge in [-0.15, -0.1) is 0 Å². The second-order valence-corrected chi connectivity index (χ2v) is 3.83. The molecule has 1 heterocycles. The number of benzene rings is 1. The van der Waals surface area contributed by atoms with Gasteiger partial charge in [-0.1, -0.05) is 0 Å². The lowest BCUT2D eigenvalue weighted by Gasteiger charge is -1.89. The van der Waals surface area contributed by atoms with Gasteiger partial charge in [-0.3, -0.25) is 0 Å². The Morgan fingerprint density at radius 1 is 1.38 bits per heavy atom. The molecule has 0 aliphatic rings. The molecule has 2 rings (SSSR count). The number of hydrogen-bond donors (Lipinski definition) is 1. The average molecular weight is 195 g/mol. The molecule has 0 saturated carbocycles. The fourth-order valence-corrected chi connectivity index (χ4v) is 1.86. The Morgan fingerprint density at radius 2 is 2.23 bits per heavy atom. The molecule has 0 aliphatic carbocycles. The fourth-order valence-electron chi connectivity index (χ4n) is 1.40. The van der Waals surface area contributed by atoms with E-state index in [1.807, 2.05) is 12.3 Å². The molecule has 0 radical (unpaired) electrons. The number of H-pyrrole nitrogens is 1. The summed E-state index contributed by atoms with van der Waals surface area (Å²) >= 11 is 1.75. The minimum atomic E-state index is -0.179. The zero-order chi connectivity index (χ0) is 9.26. The number of halogens is 1.